The van der Waals surface area contributed by atoms with Crippen molar-refractivity contribution in [1.82, 2.24) is 25.1 Å². The minimum Gasteiger partial charge on any atom is -0.486 e. The third-order valence-electron chi connectivity index (χ3n) is 4.47. The molecular weight excluding hydrogens is 390 g/mol. The molecule has 2 heterocycles. The van der Waals surface area contributed by atoms with Gasteiger partial charge in [-0.05, 0) is 28.1 Å². The quantitative estimate of drug-likeness (QED) is 0.551. The Morgan fingerprint density at radius 1 is 1.17 bits per heavy atom. The van der Waals surface area contributed by atoms with Crippen LogP contribution >= 0.6 is 11.8 Å². The van der Waals surface area contributed by atoms with Gasteiger partial charge in [-0.3, -0.25) is 4.79 Å². The number of aromatic nitrogens is 4. The Balaban J connectivity index is 1.29. The summed E-state index contributed by atoms with van der Waals surface area (Å²) in [7, 11) is 1.76. The smallest absolute Gasteiger partial charge is 0.232 e. The van der Waals surface area contributed by atoms with Crippen LogP contribution in [0.3, 0.4) is 0 Å². The number of hydrogen-bond donors (Lipinski definition) is 0. The maximum Gasteiger partial charge on any atom is 0.232 e. The lowest BCUT2D eigenvalue weighted by atomic mass is 10.2. The molecule has 1 amide bonds. The molecule has 0 aliphatic carbocycles. The first-order valence-corrected chi connectivity index (χ1v) is 10.2. The number of tetrazole rings is 1. The highest BCUT2D eigenvalue weighted by Gasteiger charge is 2.24. The van der Waals surface area contributed by atoms with Gasteiger partial charge in [0.25, 0.3) is 0 Å². The molecule has 150 valence electrons. The lowest BCUT2D eigenvalue weighted by molar-refractivity contribution is -0.128. The van der Waals surface area contributed by atoms with E-state index in [2.05, 4.69) is 15.5 Å². The van der Waals surface area contributed by atoms with Crippen molar-refractivity contribution in [2.75, 3.05) is 26.0 Å². The first-order valence-electron chi connectivity index (χ1n) is 9.24. The summed E-state index contributed by atoms with van der Waals surface area (Å²) in [6.07, 6.45) is -0.202. The van der Waals surface area contributed by atoms with Crippen LogP contribution in [0.1, 0.15) is 5.56 Å². The molecule has 4 rings (SSSR count). The average Bonchev–Trinajstić information content (AvgIpc) is 3.19. The van der Waals surface area contributed by atoms with Crippen LogP contribution in [0.5, 0.6) is 11.5 Å². The molecular formula is C20H21N5O3S. The molecule has 2 aromatic carbocycles. The number of fused-ring (bicyclic) bond motifs is 1. The molecule has 1 aliphatic heterocycles. The Bertz CT molecular complexity index is 966. The molecule has 29 heavy (non-hydrogen) atoms. The third kappa shape index (κ3) is 4.86. The Morgan fingerprint density at radius 3 is 2.76 bits per heavy atom. The van der Waals surface area contributed by atoms with Gasteiger partial charge in [-0.2, -0.15) is 0 Å². The van der Waals surface area contributed by atoms with Crippen molar-refractivity contribution in [3.63, 3.8) is 0 Å². The van der Waals surface area contributed by atoms with Crippen LogP contribution in [0.2, 0.25) is 0 Å². The topological polar surface area (TPSA) is 82.4 Å². The van der Waals surface area contributed by atoms with Gasteiger partial charge >= 0.3 is 0 Å². The van der Waals surface area contributed by atoms with Crippen LogP contribution in [0, 0.1) is 0 Å². The predicted octanol–water partition coefficient (Wildman–Crippen LogP) is 2.11. The highest BCUT2D eigenvalue weighted by molar-refractivity contribution is 7.99. The van der Waals surface area contributed by atoms with E-state index in [1.165, 1.54) is 11.8 Å². The molecule has 3 aromatic rings. The molecule has 1 aromatic heterocycles. The molecule has 9 heteroatoms. The number of likely N-dealkylation sites (N-methyl/N-ethyl adjacent to an activating group) is 1. The van der Waals surface area contributed by atoms with Gasteiger partial charge in [-0.25, -0.2) is 4.68 Å². The normalized spacial score (nSPS) is 15.1. The van der Waals surface area contributed by atoms with Crippen molar-refractivity contribution in [1.29, 1.82) is 0 Å². The summed E-state index contributed by atoms with van der Waals surface area (Å²) < 4.78 is 13.3. The van der Waals surface area contributed by atoms with Gasteiger partial charge in [-0.15, -0.1) is 5.10 Å². The highest BCUT2D eigenvalue weighted by Crippen LogP contribution is 2.31. The zero-order chi connectivity index (χ0) is 20.1. The highest BCUT2D eigenvalue weighted by atomic mass is 32.2. The van der Waals surface area contributed by atoms with Crippen molar-refractivity contribution < 1.29 is 14.3 Å². The Labute approximate surface area is 172 Å². The van der Waals surface area contributed by atoms with E-state index in [4.69, 9.17) is 9.47 Å². The fourth-order valence-corrected chi connectivity index (χ4v) is 3.77. The average molecular weight is 411 g/mol. The summed E-state index contributed by atoms with van der Waals surface area (Å²) in [6, 6.07) is 17.5. The maximum absolute atomic E-state index is 12.6. The van der Waals surface area contributed by atoms with Crippen molar-refractivity contribution >= 4 is 17.7 Å². The molecule has 1 unspecified atom stereocenters. The third-order valence-corrected chi connectivity index (χ3v) is 5.41. The standard InChI is InChI=1S/C20H21N5O3S/c1-24(12-16-13-27-17-9-5-6-10-18(17)28-16)19(26)14-29-20-21-22-23-25(20)11-15-7-3-2-4-8-15/h2-10,16H,11-14H2,1H3. The van der Waals surface area contributed by atoms with Crippen LogP contribution < -0.4 is 9.47 Å². The first-order chi connectivity index (χ1) is 14.2. The minimum atomic E-state index is -0.202. The van der Waals surface area contributed by atoms with Crippen LogP contribution in [-0.2, 0) is 11.3 Å². The summed E-state index contributed by atoms with van der Waals surface area (Å²) in [6.45, 7) is 1.42. The largest absolute Gasteiger partial charge is 0.486 e. The van der Waals surface area contributed by atoms with Gasteiger partial charge in [0, 0.05) is 7.05 Å². The van der Waals surface area contributed by atoms with E-state index in [1.807, 2.05) is 54.6 Å². The summed E-state index contributed by atoms with van der Waals surface area (Å²) in [5.74, 6) is 1.67. The van der Waals surface area contributed by atoms with Crippen LogP contribution in [-0.4, -0.2) is 63.1 Å². The summed E-state index contributed by atoms with van der Waals surface area (Å²) in [5.41, 5.74) is 1.10. The van der Waals surface area contributed by atoms with E-state index in [9.17, 15) is 4.79 Å². The molecule has 1 atom stereocenters. The van der Waals surface area contributed by atoms with E-state index in [0.29, 0.717) is 30.6 Å². The van der Waals surface area contributed by atoms with Gasteiger partial charge in [0.1, 0.15) is 6.61 Å². The lowest BCUT2D eigenvalue weighted by Gasteiger charge is -2.29. The maximum atomic E-state index is 12.6. The lowest BCUT2D eigenvalue weighted by Crippen LogP contribution is -2.42. The van der Waals surface area contributed by atoms with Gasteiger partial charge < -0.3 is 14.4 Å². The monoisotopic (exact) mass is 411 g/mol. The second-order valence-electron chi connectivity index (χ2n) is 6.67. The summed E-state index contributed by atoms with van der Waals surface area (Å²) in [4.78, 5) is 14.2. The van der Waals surface area contributed by atoms with Crippen molar-refractivity contribution in [3.8, 4) is 11.5 Å². The molecule has 8 nitrogen and oxygen atoms in total. The first kappa shape index (κ1) is 19.3. The number of carbonyl (C=O) groups is 1. The van der Waals surface area contributed by atoms with Gasteiger partial charge in [0.05, 0.1) is 18.8 Å². The van der Waals surface area contributed by atoms with E-state index < -0.39 is 0 Å². The van der Waals surface area contributed by atoms with E-state index >= 15 is 0 Å². The van der Waals surface area contributed by atoms with Crippen molar-refractivity contribution in [2.24, 2.45) is 0 Å². The zero-order valence-corrected chi connectivity index (χ0v) is 16.8. The van der Waals surface area contributed by atoms with Crippen molar-refractivity contribution in [3.05, 3.63) is 60.2 Å². The Kier molecular flexibility index (Phi) is 5.95. The molecule has 0 fully saturated rings. The number of amides is 1. The molecule has 0 saturated carbocycles. The van der Waals surface area contributed by atoms with Gasteiger partial charge in [-0.1, -0.05) is 54.2 Å². The van der Waals surface area contributed by atoms with Gasteiger partial charge in [0.15, 0.2) is 17.6 Å². The Hall–Kier alpha value is -3.07. The van der Waals surface area contributed by atoms with Crippen LogP contribution in [0.15, 0.2) is 59.8 Å². The zero-order valence-electron chi connectivity index (χ0n) is 16.0. The summed E-state index contributed by atoms with van der Waals surface area (Å²) >= 11 is 1.32. The number of thioether (sulfide) groups is 1. The number of hydrogen-bond acceptors (Lipinski definition) is 7. The fourth-order valence-electron chi connectivity index (χ4n) is 2.95. The SMILES string of the molecule is CN(CC1COc2ccccc2O1)C(=O)CSc1nnnn1Cc1ccccc1. The number of para-hydroxylation sites is 2. The number of rotatable bonds is 7. The van der Waals surface area contributed by atoms with Crippen molar-refractivity contribution in [2.45, 2.75) is 17.8 Å². The van der Waals surface area contributed by atoms with Crippen LogP contribution in [0.25, 0.3) is 0 Å². The van der Waals surface area contributed by atoms with E-state index in [0.717, 1.165) is 11.3 Å². The molecule has 0 saturated heterocycles. The van der Waals surface area contributed by atoms with Crippen LogP contribution in [0.4, 0.5) is 0 Å². The minimum absolute atomic E-state index is 0.0216. The van der Waals surface area contributed by atoms with Gasteiger partial charge in [0.2, 0.25) is 11.1 Å². The fraction of sp³-hybridized carbons (Fsp3) is 0.300. The number of nitrogens with zero attached hydrogens (tertiary/aromatic N) is 5. The number of benzene rings is 2. The molecule has 0 N–H and O–H groups in total. The Morgan fingerprint density at radius 2 is 1.93 bits per heavy atom. The predicted molar refractivity (Wildman–Crippen MR) is 108 cm³/mol. The summed E-state index contributed by atoms with van der Waals surface area (Å²) in [5, 5.41) is 12.4. The van der Waals surface area contributed by atoms with E-state index in [-0.39, 0.29) is 17.8 Å². The molecule has 0 radical (unpaired) electrons. The molecule has 0 bridgehead atoms. The molecule has 1 aliphatic rings. The number of ether oxygens (including phenoxy) is 2. The molecule has 0 spiro atoms. The number of carbonyl (C=O) groups excluding carboxylic acids is 1. The second kappa shape index (κ2) is 8.95. The second-order valence-corrected chi connectivity index (χ2v) is 7.61. The van der Waals surface area contributed by atoms with E-state index in [1.54, 1.807) is 16.6 Å².